The minimum absolute atomic E-state index is 0.0263. The second kappa shape index (κ2) is 14.3. The number of carbonyl (C=O) groups excluding carboxylic acids is 3. The zero-order valence-electron chi connectivity index (χ0n) is 25.3. The molecule has 3 atom stereocenters. The van der Waals surface area contributed by atoms with Crippen LogP contribution >= 0.6 is 0 Å². The summed E-state index contributed by atoms with van der Waals surface area (Å²) in [7, 11) is 5.43. The smallest absolute Gasteiger partial charge is 0.245 e. The van der Waals surface area contributed by atoms with Crippen LogP contribution in [-0.4, -0.2) is 83.9 Å². The van der Waals surface area contributed by atoms with Crippen LogP contribution in [-0.2, 0) is 27.2 Å². The number of likely N-dealkylation sites (tertiary alicyclic amines) is 1. The second-order valence-corrected chi connectivity index (χ2v) is 10.9. The summed E-state index contributed by atoms with van der Waals surface area (Å²) in [4.78, 5) is 45.7. The zero-order valence-corrected chi connectivity index (χ0v) is 25.3. The predicted molar refractivity (Wildman–Crippen MR) is 164 cm³/mol. The van der Waals surface area contributed by atoms with Gasteiger partial charge in [-0.15, -0.1) is 0 Å². The molecular weight excluding hydrogens is 516 g/mol. The van der Waals surface area contributed by atoms with E-state index in [0.29, 0.717) is 32.2 Å². The topological polar surface area (TPSA) is 115 Å². The zero-order chi connectivity index (χ0) is 30.2. The van der Waals surface area contributed by atoms with Gasteiger partial charge < -0.3 is 20.9 Å². The number of benzene rings is 2. The maximum absolute atomic E-state index is 14.1. The molecule has 4 N–H and O–H groups in total. The van der Waals surface area contributed by atoms with Gasteiger partial charge in [-0.3, -0.25) is 19.4 Å². The van der Waals surface area contributed by atoms with Gasteiger partial charge in [0.1, 0.15) is 6.04 Å². The lowest BCUT2D eigenvalue weighted by molar-refractivity contribution is -0.159. The van der Waals surface area contributed by atoms with Crippen molar-refractivity contribution in [1.82, 2.24) is 25.2 Å². The molecule has 1 saturated heterocycles. The van der Waals surface area contributed by atoms with E-state index in [1.807, 2.05) is 88.7 Å². The third-order valence-electron chi connectivity index (χ3n) is 7.75. The molecule has 2 aromatic carbocycles. The van der Waals surface area contributed by atoms with E-state index in [4.69, 9.17) is 5.73 Å². The van der Waals surface area contributed by atoms with Crippen molar-refractivity contribution >= 4 is 28.6 Å². The summed E-state index contributed by atoms with van der Waals surface area (Å²) in [5, 5.41) is 7.28. The summed E-state index contributed by atoms with van der Waals surface area (Å²) in [5.41, 5.74) is 8.02. The molecule has 0 saturated carbocycles. The van der Waals surface area contributed by atoms with Crippen molar-refractivity contribution < 1.29 is 14.4 Å². The van der Waals surface area contributed by atoms with Gasteiger partial charge in [-0.25, -0.2) is 5.01 Å². The van der Waals surface area contributed by atoms with Crippen molar-refractivity contribution in [3.8, 4) is 0 Å². The van der Waals surface area contributed by atoms with Crippen molar-refractivity contribution in [2.45, 2.75) is 58.5 Å². The van der Waals surface area contributed by atoms with Gasteiger partial charge in [-0.1, -0.05) is 62.4 Å². The molecule has 222 valence electrons. The van der Waals surface area contributed by atoms with E-state index in [0.717, 1.165) is 22.0 Å². The van der Waals surface area contributed by atoms with E-state index in [9.17, 15) is 14.4 Å². The number of H-pyrrole nitrogens is 1. The van der Waals surface area contributed by atoms with Gasteiger partial charge in [0.25, 0.3) is 0 Å². The Morgan fingerprint density at radius 3 is 2.37 bits per heavy atom. The van der Waals surface area contributed by atoms with Crippen molar-refractivity contribution in [2.75, 3.05) is 34.2 Å². The van der Waals surface area contributed by atoms with E-state index in [1.165, 1.54) is 0 Å². The van der Waals surface area contributed by atoms with Crippen LogP contribution in [0.1, 0.15) is 44.7 Å². The first kappa shape index (κ1) is 31.8. The van der Waals surface area contributed by atoms with E-state index < -0.39 is 17.5 Å². The lowest BCUT2D eigenvalue weighted by atomic mass is 9.74. The first-order valence-corrected chi connectivity index (χ1v) is 14.5. The normalized spacial score (nSPS) is 18.3. The van der Waals surface area contributed by atoms with Gasteiger partial charge in [0.2, 0.25) is 17.7 Å². The molecule has 1 fully saturated rings. The molecule has 3 amide bonds. The third kappa shape index (κ3) is 7.54. The maximum Gasteiger partial charge on any atom is 0.245 e. The van der Waals surface area contributed by atoms with Crippen LogP contribution < -0.4 is 11.1 Å². The number of nitrogens with one attached hydrogen (secondary N) is 2. The lowest BCUT2D eigenvalue weighted by Crippen LogP contribution is -2.60. The van der Waals surface area contributed by atoms with E-state index in [-0.39, 0.29) is 24.3 Å². The quantitative estimate of drug-likeness (QED) is 0.346. The van der Waals surface area contributed by atoms with E-state index in [2.05, 4.69) is 10.3 Å². The van der Waals surface area contributed by atoms with Gasteiger partial charge in [-0.2, -0.15) is 0 Å². The molecule has 0 aliphatic carbocycles. The number of hydrogen-bond acceptors (Lipinski definition) is 5. The molecule has 1 aliphatic heterocycles. The van der Waals surface area contributed by atoms with Gasteiger partial charge in [0.15, 0.2) is 0 Å². The summed E-state index contributed by atoms with van der Waals surface area (Å²) in [6.45, 7) is 6.40. The number of carbonyl (C=O) groups is 3. The molecule has 0 spiro atoms. The van der Waals surface area contributed by atoms with Crippen LogP contribution in [0.15, 0.2) is 60.8 Å². The van der Waals surface area contributed by atoms with Crippen molar-refractivity contribution in [3.63, 3.8) is 0 Å². The number of fused-ring (bicyclic) bond motifs is 1. The standard InChI is InChI=1S/C30H40N6O3.C2H6/c1-21(31)27(37)33-26(17-23-19-32-25-14-9-8-13-24(23)25)28(38)36-16-10-15-30(20-36,29(39)35(4)34(2)3)18-22-11-6-5-7-12-22;1-2/h5-9,11-14,19,21,26,32H,10,15-18,20,31H2,1-4H3,(H,33,37);1-2H3/t21?,26-,30-;/m1./s1. The average Bonchev–Trinajstić information content (AvgIpc) is 3.39. The highest BCUT2D eigenvalue weighted by molar-refractivity contribution is 5.92. The Morgan fingerprint density at radius 2 is 1.71 bits per heavy atom. The molecular formula is C32H46N6O3. The maximum atomic E-state index is 14.1. The number of aromatic nitrogens is 1. The summed E-state index contributed by atoms with van der Waals surface area (Å²) < 4.78 is 0. The molecule has 9 nitrogen and oxygen atoms in total. The molecule has 1 aromatic heterocycles. The Labute approximate surface area is 244 Å². The van der Waals surface area contributed by atoms with Crippen molar-refractivity contribution in [1.29, 1.82) is 0 Å². The number of nitrogens with zero attached hydrogens (tertiary/aromatic N) is 3. The Hall–Kier alpha value is -3.69. The Kier molecular flexibility index (Phi) is 11.1. The van der Waals surface area contributed by atoms with Gasteiger partial charge >= 0.3 is 0 Å². The molecule has 0 bridgehead atoms. The molecule has 4 rings (SSSR count). The van der Waals surface area contributed by atoms with Gasteiger partial charge in [0, 0.05) is 57.8 Å². The summed E-state index contributed by atoms with van der Waals surface area (Å²) >= 11 is 0. The van der Waals surface area contributed by atoms with Crippen LogP contribution in [0.5, 0.6) is 0 Å². The monoisotopic (exact) mass is 562 g/mol. The molecule has 1 unspecified atom stereocenters. The summed E-state index contributed by atoms with van der Waals surface area (Å²) in [5.74, 6) is -0.613. The molecule has 2 heterocycles. The Balaban J connectivity index is 0.00000226. The van der Waals surface area contributed by atoms with E-state index in [1.54, 1.807) is 28.9 Å². The highest BCUT2D eigenvalue weighted by Gasteiger charge is 2.46. The lowest BCUT2D eigenvalue weighted by Gasteiger charge is -2.45. The number of piperidine rings is 1. The van der Waals surface area contributed by atoms with Crippen molar-refractivity contribution in [3.05, 3.63) is 71.9 Å². The second-order valence-electron chi connectivity index (χ2n) is 10.9. The van der Waals surface area contributed by atoms with E-state index >= 15 is 0 Å². The summed E-state index contributed by atoms with van der Waals surface area (Å²) in [6, 6.07) is 16.2. The first-order chi connectivity index (χ1) is 19.6. The fourth-order valence-electron chi connectivity index (χ4n) is 5.47. The van der Waals surface area contributed by atoms with Crippen molar-refractivity contribution in [2.24, 2.45) is 11.1 Å². The van der Waals surface area contributed by atoms with Gasteiger partial charge in [0.05, 0.1) is 11.5 Å². The minimum atomic E-state index is -0.808. The first-order valence-electron chi connectivity index (χ1n) is 14.5. The third-order valence-corrected chi connectivity index (χ3v) is 7.75. The SMILES string of the molecule is CC.CC(N)C(=O)N[C@H](Cc1c[nH]c2ccccc12)C(=O)N1CCC[C@](Cc2ccccc2)(C(=O)N(C)N(C)C)C1. The van der Waals surface area contributed by atoms with Crippen LogP contribution in [0, 0.1) is 5.41 Å². The number of aromatic amines is 1. The minimum Gasteiger partial charge on any atom is -0.361 e. The fraction of sp³-hybridized carbons (Fsp3) is 0.469. The molecule has 3 aromatic rings. The van der Waals surface area contributed by atoms with Crippen LogP contribution in [0.4, 0.5) is 0 Å². The number of hydrogen-bond donors (Lipinski definition) is 3. The van der Waals surface area contributed by atoms with Crippen LogP contribution in [0.3, 0.4) is 0 Å². The highest BCUT2D eigenvalue weighted by atomic mass is 16.2. The van der Waals surface area contributed by atoms with Crippen LogP contribution in [0.2, 0.25) is 0 Å². The number of hydrazine groups is 1. The number of nitrogens with two attached hydrogens (primary N) is 1. The largest absolute Gasteiger partial charge is 0.361 e. The average molecular weight is 563 g/mol. The highest BCUT2D eigenvalue weighted by Crippen LogP contribution is 2.36. The van der Waals surface area contributed by atoms with Crippen LogP contribution in [0.25, 0.3) is 10.9 Å². The fourth-order valence-corrected chi connectivity index (χ4v) is 5.47. The molecule has 41 heavy (non-hydrogen) atoms. The summed E-state index contributed by atoms with van der Waals surface area (Å²) in [6.07, 6.45) is 4.08. The molecule has 1 aliphatic rings. The van der Waals surface area contributed by atoms with Gasteiger partial charge in [-0.05, 0) is 43.4 Å². The number of para-hydroxylation sites is 1. The molecule has 0 radical (unpaired) electrons. The number of rotatable bonds is 9. The molecule has 9 heteroatoms. The Bertz CT molecular complexity index is 1310. The number of amides is 3. The predicted octanol–water partition coefficient (Wildman–Crippen LogP) is 3.36. The Morgan fingerprint density at radius 1 is 1.05 bits per heavy atom.